The lowest BCUT2D eigenvalue weighted by atomic mass is 10.0. The van der Waals surface area contributed by atoms with Gasteiger partial charge in [-0.2, -0.15) is 0 Å². The zero-order chi connectivity index (χ0) is 13.9. The normalized spacial score (nSPS) is 12.9. The van der Waals surface area contributed by atoms with Gasteiger partial charge >= 0.3 is 0 Å². The average molecular weight is 289 g/mol. The van der Waals surface area contributed by atoms with Gasteiger partial charge in [-0.1, -0.05) is 19.1 Å². The quantitative estimate of drug-likeness (QED) is 0.774. The van der Waals surface area contributed by atoms with Crippen LogP contribution in [-0.4, -0.2) is 9.38 Å². The van der Waals surface area contributed by atoms with Gasteiger partial charge < -0.3 is 5.32 Å². The average Bonchev–Trinajstić information content (AvgIpc) is 3.02. The zero-order valence-electron chi connectivity index (χ0n) is 11.2. The first-order chi connectivity index (χ1) is 9.76. The summed E-state index contributed by atoms with van der Waals surface area (Å²) < 4.78 is 15.0. The standard InChI is InChI=1S/C15H16FN3S/c1-2-14(11-3-5-12(16)6-4-11)17-9-13-10-19-7-8-20-15(19)18-13/h3-8,10,14,17H,2,9H2,1H3. The predicted octanol–water partition coefficient (Wildman–Crippen LogP) is 3.78. The number of nitrogens with zero attached hydrogens (tertiary/aromatic N) is 2. The molecular weight excluding hydrogens is 273 g/mol. The van der Waals surface area contributed by atoms with Crippen molar-refractivity contribution in [1.29, 1.82) is 0 Å². The third kappa shape index (κ3) is 2.73. The number of aromatic nitrogens is 2. The molecule has 0 fully saturated rings. The van der Waals surface area contributed by atoms with E-state index >= 15 is 0 Å². The van der Waals surface area contributed by atoms with Crippen molar-refractivity contribution in [2.24, 2.45) is 0 Å². The molecule has 0 saturated carbocycles. The Hall–Kier alpha value is -1.72. The van der Waals surface area contributed by atoms with Crippen molar-refractivity contribution >= 4 is 16.3 Å². The number of rotatable bonds is 5. The highest BCUT2D eigenvalue weighted by atomic mass is 32.1. The second-order valence-electron chi connectivity index (χ2n) is 4.72. The van der Waals surface area contributed by atoms with Gasteiger partial charge in [0.05, 0.1) is 5.69 Å². The monoisotopic (exact) mass is 289 g/mol. The summed E-state index contributed by atoms with van der Waals surface area (Å²) in [6.45, 7) is 2.83. The molecule has 3 aromatic rings. The Bertz CT molecular complexity index is 658. The number of halogens is 1. The second-order valence-corrected chi connectivity index (χ2v) is 5.59. The first kappa shape index (κ1) is 13.3. The Kier molecular flexibility index (Phi) is 3.80. The minimum absolute atomic E-state index is 0.196. The van der Waals surface area contributed by atoms with Crippen LogP contribution in [0.1, 0.15) is 30.6 Å². The largest absolute Gasteiger partial charge is 0.304 e. The number of fused-ring (bicyclic) bond motifs is 1. The molecule has 104 valence electrons. The zero-order valence-corrected chi connectivity index (χ0v) is 12.0. The van der Waals surface area contributed by atoms with E-state index in [2.05, 4.69) is 17.2 Å². The second kappa shape index (κ2) is 5.73. The number of hydrogen-bond acceptors (Lipinski definition) is 3. The summed E-state index contributed by atoms with van der Waals surface area (Å²) in [6, 6.07) is 6.90. The van der Waals surface area contributed by atoms with Crippen LogP contribution < -0.4 is 5.32 Å². The van der Waals surface area contributed by atoms with Crippen molar-refractivity contribution in [3.63, 3.8) is 0 Å². The minimum atomic E-state index is -0.196. The van der Waals surface area contributed by atoms with Gasteiger partial charge in [0.15, 0.2) is 4.96 Å². The van der Waals surface area contributed by atoms with Crippen LogP contribution in [-0.2, 0) is 6.54 Å². The van der Waals surface area contributed by atoms with Crippen molar-refractivity contribution < 1.29 is 4.39 Å². The van der Waals surface area contributed by atoms with E-state index in [0.29, 0.717) is 6.54 Å². The van der Waals surface area contributed by atoms with Crippen LogP contribution in [0.15, 0.2) is 42.0 Å². The molecule has 0 spiro atoms. The maximum atomic E-state index is 13.0. The van der Waals surface area contributed by atoms with E-state index in [0.717, 1.165) is 22.6 Å². The number of imidazole rings is 1. The first-order valence-electron chi connectivity index (χ1n) is 6.66. The van der Waals surface area contributed by atoms with Gasteiger partial charge in [-0.15, -0.1) is 11.3 Å². The van der Waals surface area contributed by atoms with Crippen molar-refractivity contribution in [3.05, 3.63) is 59.1 Å². The van der Waals surface area contributed by atoms with Gasteiger partial charge in [0, 0.05) is 30.4 Å². The molecule has 3 rings (SSSR count). The lowest BCUT2D eigenvalue weighted by Gasteiger charge is -2.16. The number of benzene rings is 1. The molecule has 5 heteroatoms. The van der Waals surface area contributed by atoms with Gasteiger partial charge in [0.2, 0.25) is 0 Å². The lowest BCUT2D eigenvalue weighted by molar-refractivity contribution is 0.513. The van der Waals surface area contributed by atoms with E-state index in [9.17, 15) is 4.39 Å². The fraction of sp³-hybridized carbons (Fsp3) is 0.267. The maximum absolute atomic E-state index is 13.0. The van der Waals surface area contributed by atoms with Gasteiger partial charge in [-0.3, -0.25) is 4.40 Å². The molecule has 1 atom stereocenters. The molecule has 0 saturated heterocycles. The molecule has 3 nitrogen and oxygen atoms in total. The smallest absolute Gasteiger partial charge is 0.193 e. The summed E-state index contributed by atoms with van der Waals surface area (Å²) in [5, 5.41) is 5.50. The Morgan fingerprint density at radius 3 is 2.85 bits per heavy atom. The molecule has 1 aromatic carbocycles. The summed E-state index contributed by atoms with van der Waals surface area (Å²) in [5.74, 6) is -0.196. The van der Waals surface area contributed by atoms with Crippen molar-refractivity contribution in [2.75, 3.05) is 0 Å². The van der Waals surface area contributed by atoms with Crippen molar-refractivity contribution in [1.82, 2.24) is 14.7 Å². The van der Waals surface area contributed by atoms with Gasteiger partial charge in [0.1, 0.15) is 5.82 Å². The van der Waals surface area contributed by atoms with Crippen molar-refractivity contribution in [2.45, 2.75) is 25.9 Å². The summed E-state index contributed by atoms with van der Waals surface area (Å²) in [7, 11) is 0. The molecule has 0 aliphatic heterocycles. The highest BCUT2D eigenvalue weighted by Gasteiger charge is 2.10. The molecule has 0 radical (unpaired) electrons. The van der Waals surface area contributed by atoms with Crippen LogP contribution in [0.5, 0.6) is 0 Å². The molecule has 2 aromatic heterocycles. The fourth-order valence-electron chi connectivity index (χ4n) is 2.28. The number of nitrogens with one attached hydrogen (secondary N) is 1. The highest BCUT2D eigenvalue weighted by molar-refractivity contribution is 7.15. The summed E-state index contributed by atoms with van der Waals surface area (Å²) in [4.78, 5) is 5.56. The van der Waals surface area contributed by atoms with E-state index in [1.54, 1.807) is 11.3 Å². The summed E-state index contributed by atoms with van der Waals surface area (Å²) in [6.07, 6.45) is 5.00. The molecule has 2 heterocycles. The molecule has 0 amide bonds. The van der Waals surface area contributed by atoms with E-state index in [4.69, 9.17) is 0 Å². The Balaban J connectivity index is 1.68. The summed E-state index contributed by atoms with van der Waals surface area (Å²) >= 11 is 1.63. The van der Waals surface area contributed by atoms with Crippen LogP contribution in [0.3, 0.4) is 0 Å². The minimum Gasteiger partial charge on any atom is -0.304 e. The van der Waals surface area contributed by atoms with E-state index in [-0.39, 0.29) is 11.9 Å². The summed E-state index contributed by atoms with van der Waals surface area (Å²) in [5.41, 5.74) is 2.13. The number of hydrogen-bond donors (Lipinski definition) is 1. The van der Waals surface area contributed by atoms with Crippen LogP contribution in [0.25, 0.3) is 4.96 Å². The lowest BCUT2D eigenvalue weighted by Crippen LogP contribution is -2.20. The van der Waals surface area contributed by atoms with Crippen LogP contribution in [0.4, 0.5) is 4.39 Å². The van der Waals surface area contributed by atoms with Crippen LogP contribution >= 0.6 is 11.3 Å². The van der Waals surface area contributed by atoms with E-state index in [1.807, 2.05) is 34.3 Å². The third-order valence-electron chi connectivity index (χ3n) is 3.35. The molecule has 0 bridgehead atoms. The molecular formula is C15H16FN3S. The van der Waals surface area contributed by atoms with Crippen LogP contribution in [0, 0.1) is 5.82 Å². The van der Waals surface area contributed by atoms with Gasteiger partial charge in [-0.25, -0.2) is 9.37 Å². The molecule has 1 unspecified atom stereocenters. The molecule has 0 aliphatic rings. The van der Waals surface area contributed by atoms with Gasteiger partial charge in [0.25, 0.3) is 0 Å². The molecule has 1 N–H and O–H groups in total. The predicted molar refractivity (Wildman–Crippen MR) is 79.3 cm³/mol. The Labute approximate surface area is 121 Å². The third-order valence-corrected chi connectivity index (χ3v) is 4.12. The fourth-order valence-corrected chi connectivity index (χ4v) is 3.00. The van der Waals surface area contributed by atoms with Crippen LogP contribution in [0.2, 0.25) is 0 Å². The first-order valence-corrected chi connectivity index (χ1v) is 7.54. The Morgan fingerprint density at radius 1 is 1.35 bits per heavy atom. The molecule has 20 heavy (non-hydrogen) atoms. The Morgan fingerprint density at radius 2 is 2.15 bits per heavy atom. The van der Waals surface area contributed by atoms with E-state index in [1.165, 1.54) is 12.1 Å². The highest BCUT2D eigenvalue weighted by Crippen LogP contribution is 2.18. The van der Waals surface area contributed by atoms with Gasteiger partial charge in [-0.05, 0) is 24.1 Å². The SMILES string of the molecule is CCC(NCc1cn2ccsc2n1)c1ccc(F)cc1. The number of thiazole rings is 1. The molecule has 0 aliphatic carbocycles. The van der Waals surface area contributed by atoms with Crippen molar-refractivity contribution in [3.8, 4) is 0 Å². The maximum Gasteiger partial charge on any atom is 0.193 e. The van der Waals surface area contributed by atoms with E-state index < -0.39 is 0 Å². The topological polar surface area (TPSA) is 29.3 Å².